The number of nitrogens with zero attached hydrogens (tertiary/aromatic N) is 3. The predicted molar refractivity (Wildman–Crippen MR) is 79.7 cm³/mol. The zero-order valence-electron chi connectivity index (χ0n) is 13.0. The molecule has 0 amide bonds. The van der Waals surface area contributed by atoms with Gasteiger partial charge in [-0.15, -0.1) is 0 Å². The Kier molecular flexibility index (Phi) is 4.60. The lowest BCUT2D eigenvalue weighted by atomic mass is 9.92. The minimum absolute atomic E-state index is 0.101. The number of hydrogen-bond acceptors (Lipinski definition) is 4. The monoisotopic (exact) mass is 278 g/mol. The van der Waals surface area contributed by atoms with Gasteiger partial charge in [-0.05, 0) is 31.7 Å². The molecular weight excluding hydrogens is 252 g/mol. The SMILES string of the molecule is Cc1cc(C(=O)C2CC(N)CCN2CC(C)C)n(C)n1. The van der Waals surface area contributed by atoms with Crippen LogP contribution in [-0.4, -0.2) is 45.6 Å². The molecule has 1 aliphatic heterocycles. The van der Waals surface area contributed by atoms with Gasteiger partial charge in [0.25, 0.3) is 0 Å². The number of hydrogen-bond donors (Lipinski definition) is 1. The number of rotatable bonds is 4. The summed E-state index contributed by atoms with van der Waals surface area (Å²) in [5.74, 6) is 0.705. The fraction of sp³-hybridized carbons (Fsp3) is 0.733. The molecule has 0 bridgehead atoms. The van der Waals surface area contributed by atoms with E-state index in [1.54, 1.807) is 4.68 Å². The summed E-state index contributed by atoms with van der Waals surface area (Å²) in [6.07, 6.45) is 1.72. The van der Waals surface area contributed by atoms with Crippen LogP contribution in [0.25, 0.3) is 0 Å². The van der Waals surface area contributed by atoms with Crippen LogP contribution in [0.3, 0.4) is 0 Å². The van der Waals surface area contributed by atoms with Crippen LogP contribution in [-0.2, 0) is 7.05 Å². The first-order chi connectivity index (χ1) is 9.38. The average molecular weight is 278 g/mol. The first-order valence-corrected chi connectivity index (χ1v) is 7.43. The van der Waals surface area contributed by atoms with Crippen LogP contribution in [0.4, 0.5) is 0 Å². The second-order valence-electron chi connectivity index (χ2n) is 6.35. The summed E-state index contributed by atoms with van der Waals surface area (Å²) in [5, 5.41) is 4.28. The molecule has 2 heterocycles. The fourth-order valence-electron chi connectivity index (χ4n) is 3.01. The van der Waals surface area contributed by atoms with Gasteiger partial charge in [0.1, 0.15) is 5.69 Å². The Labute approximate surface area is 121 Å². The summed E-state index contributed by atoms with van der Waals surface area (Å²) < 4.78 is 1.69. The number of piperidine rings is 1. The Morgan fingerprint density at radius 3 is 2.80 bits per heavy atom. The Balaban J connectivity index is 2.21. The van der Waals surface area contributed by atoms with Gasteiger partial charge in [-0.3, -0.25) is 14.4 Å². The van der Waals surface area contributed by atoms with Crippen molar-refractivity contribution in [1.29, 1.82) is 0 Å². The number of carbonyl (C=O) groups excluding carboxylic acids is 1. The summed E-state index contributed by atoms with van der Waals surface area (Å²) in [4.78, 5) is 15.1. The highest BCUT2D eigenvalue weighted by atomic mass is 16.1. The zero-order valence-corrected chi connectivity index (χ0v) is 13.0. The maximum absolute atomic E-state index is 12.8. The van der Waals surface area contributed by atoms with Gasteiger partial charge in [0, 0.05) is 26.2 Å². The van der Waals surface area contributed by atoms with E-state index in [2.05, 4.69) is 23.8 Å². The van der Waals surface area contributed by atoms with Crippen molar-refractivity contribution >= 4 is 5.78 Å². The van der Waals surface area contributed by atoms with E-state index in [-0.39, 0.29) is 17.9 Å². The Hall–Kier alpha value is -1.20. The van der Waals surface area contributed by atoms with E-state index in [4.69, 9.17) is 5.73 Å². The first kappa shape index (κ1) is 15.2. The van der Waals surface area contributed by atoms with Gasteiger partial charge in [0.15, 0.2) is 5.78 Å². The van der Waals surface area contributed by atoms with Crippen LogP contribution in [0.5, 0.6) is 0 Å². The van der Waals surface area contributed by atoms with Crippen LogP contribution in [0.15, 0.2) is 6.07 Å². The topological polar surface area (TPSA) is 64.2 Å². The molecule has 2 rings (SSSR count). The molecule has 1 fully saturated rings. The second kappa shape index (κ2) is 6.06. The van der Waals surface area contributed by atoms with Crippen molar-refractivity contribution in [3.8, 4) is 0 Å². The van der Waals surface area contributed by atoms with Crippen molar-refractivity contribution < 1.29 is 4.79 Å². The Morgan fingerprint density at radius 2 is 2.25 bits per heavy atom. The van der Waals surface area contributed by atoms with Gasteiger partial charge in [-0.2, -0.15) is 5.10 Å². The van der Waals surface area contributed by atoms with Crippen molar-refractivity contribution in [2.45, 2.75) is 45.7 Å². The smallest absolute Gasteiger partial charge is 0.197 e. The predicted octanol–water partition coefficient (Wildman–Crippen LogP) is 1.36. The highest BCUT2D eigenvalue weighted by Gasteiger charge is 2.34. The number of ketones is 1. The van der Waals surface area contributed by atoms with Crippen LogP contribution in [0, 0.1) is 12.8 Å². The van der Waals surface area contributed by atoms with E-state index < -0.39 is 0 Å². The maximum Gasteiger partial charge on any atom is 0.197 e. The number of aryl methyl sites for hydroxylation is 2. The minimum Gasteiger partial charge on any atom is -0.328 e. The highest BCUT2D eigenvalue weighted by molar-refractivity contribution is 5.98. The molecule has 2 atom stereocenters. The molecule has 0 aromatic carbocycles. The average Bonchev–Trinajstić information content (AvgIpc) is 2.69. The molecule has 20 heavy (non-hydrogen) atoms. The number of Topliss-reactive ketones (excluding diaryl/α,β-unsaturated/α-hetero) is 1. The minimum atomic E-state index is -0.101. The highest BCUT2D eigenvalue weighted by Crippen LogP contribution is 2.21. The van der Waals surface area contributed by atoms with E-state index in [1.807, 2.05) is 20.0 Å². The standard InChI is InChI=1S/C15H26N4O/c1-10(2)9-19-6-5-12(16)8-14(19)15(20)13-7-11(3)17-18(13)4/h7,10,12,14H,5-6,8-9,16H2,1-4H3. The van der Waals surface area contributed by atoms with Crippen LogP contribution < -0.4 is 5.73 Å². The Morgan fingerprint density at radius 1 is 1.55 bits per heavy atom. The van der Waals surface area contributed by atoms with Crippen molar-refractivity contribution in [2.75, 3.05) is 13.1 Å². The summed E-state index contributed by atoms with van der Waals surface area (Å²) in [6.45, 7) is 8.14. The van der Waals surface area contributed by atoms with Gasteiger partial charge in [-0.25, -0.2) is 0 Å². The molecular formula is C15H26N4O. The third kappa shape index (κ3) is 3.27. The summed E-state index contributed by atoms with van der Waals surface area (Å²) in [7, 11) is 1.83. The molecule has 0 spiro atoms. The van der Waals surface area contributed by atoms with E-state index in [1.165, 1.54) is 0 Å². The molecule has 1 aromatic heterocycles. The third-order valence-corrected chi connectivity index (χ3v) is 3.91. The lowest BCUT2D eigenvalue weighted by Gasteiger charge is -2.38. The van der Waals surface area contributed by atoms with E-state index in [0.29, 0.717) is 11.6 Å². The molecule has 0 aliphatic carbocycles. The van der Waals surface area contributed by atoms with E-state index >= 15 is 0 Å². The van der Waals surface area contributed by atoms with Gasteiger partial charge < -0.3 is 5.73 Å². The van der Waals surface area contributed by atoms with Crippen molar-refractivity contribution in [3.63, 3.8) is 0 Å². The molecule has 5 nitrogen and oxygen atoms in total. The number of carbonyl (C=O) groups is 1. The van der Waals surface area contributed by atoms with Crippen molar-refractivity contribution in [3.05, 3.63) is 17.5 Å². The molecule has 112 valence electrons. The lowest BCUT2D eigenvalue weighted by Crippen LogP contribution is -2.52. The number of aromatic nitrogens is 2. The number of likely N-dealkylation sites (tertiary alicyclic amines) is 1. The molecule has 5 heteroatoms. The van der Waals surface area contributed by atoms with Crippen LogP contribution in [0.1, 0.15) is 42.9 Å². The zero-order chi connectivity index (χ0) is 14.9. The van der Waals surface area contributed by atoms with E-state index in [0.717, 1.165) is 31.6 Å². The van der Waals surface area contributed by atoms with Gasteiger partial charge in [0.2, 0.25) is 0 Å². The fourth-order valence-corrected chi connectivity index (χ4v) is 3.01. The largest absolute Gasteiger partial charge is 0.328 e. The lowest BCUT2D eigenvalue weighted by molar-refractivity contribution is 0.0683. The normalized spacial score (nSPS) is 24.3. The van der Waals surface area contributed by atoms with Gasteiger partial charge in [-0.1, -0.05) is 13.8 Å². The molecule has 1 aliphatic rings. The molecule has 1 saturated heterocycles. The van der Waals surface area contributed by atoms with Crippen molar-refractivity contribution in [2.24, 2.45) is 18.7 Å². The summed E-state index contributed by atoms with van der Waals surface area (Å²) in [6, 6.07) is 1.90. The third-order valence-electron chi connectivity index (χ3n) is 3.91. The maximum atomic E-state index is 12.8. The molecule has 1 aromatic rings. The molecule has 2 unspecified atom stereocenters. The molecule has 0 saturated carbocycles. The van der Waals surface area contributed by atoms with Gasteiger partial charge in [0.05, 0.1) is 11.7 Å². The van der Waals surface area contributed by atoms with E-state index in [9.17, 15) is 4.79 Å². The quantitative estimate of drug-likeness (QED) is 0.845. The first-order valence-electron chi connectivity index (χ1n) is 7.43. The molecule has 2 N–H and O–H groups in total. The van der Waals surface area contributed by atoms with Crippen LogP contribution >= 0.6 is 0 Å². The summed E-state index contributed by atoms with van der Waals surface area (Å²) in [5.41, 5.74) is 7.65. The Bertz CT molecular complexity index is 480. The van der Waals surface area contributed by atoms with Crippen LogP contribution in [0.2, 0.25) is 0 Å². The van der Waals surface area contributed by atoms with Gasteiger partial charge >= 0.3 is 0 Å². The second-order valence-corrected chi connectivity index (χ2v) is 6.35. The molecule has 0 radical (unpaired) electrons. The summed E-state index contributed by atoms with van der Waals surface area (Å²) >= 11 is 0. The number of nitrogens with two attached hydrogens (primary N) is 1. The van der Waals surface area contributed by atoms with Crippen molar-refractivity contribution in [1.82, 2.24) is 14.7 Å².